The molecule has 42 heavy (non-hydrogen) atoms. The zero-order valence-corrected chi connectivity index (χ0v) is 23.7. The average Bonchev–Trinajstić information content (AvgIpc) is 3.58. The number of fused-ring (bicyclic) bond motifs is 1. The van der Waals surface area contributed by atoms with Crippen molar-refractivity contribution < 1.29 is 36.7 Å². The fourth-order valence-corrected chi connectivity index (χ4v) is 6.63. The number of carbonyl (C=O) groups is 3. The molecule has 2 aliphatic rings. The quantitative estimate of drug-likeness (QED) is 0.382. The molecule has 5 rings (SSSR count). The van der Waals surface area contributed by atoms with Crippen LogP contribution in [0.5, 0.6) is 5.75 Å². The number of hydrogen-bond donors (Lipinski definition) is 1. The van der Waals surface area contributed by atoms with Crippen LogP contribution in [0.2, 0.25) is 0 Å². The summed E-state index contributed by atoms with van der Waals surface area (Å²) in [5.74, 6) is -2.22. The molecule has 0 aliphatic carbocycles. The fourth-order valence-electron chi connectivity index (χ4n) is 5.11. The molecule has 2 aliphatic heterocycles. The van der Waals surface area contributed by atoms with Gasteiger partial charge in [-0.1, -0.05) is 36.4 Å². The molecule has 1 fully saturated rings. The molecule has 0 aromatic heterocycles. The Morgan fingerprint density at radius 3 is 2.57 bits per heavy atom. The number of nitrogens with one attached hydrogen (secondary N) is 1. The number of methoxy groups -OCH3 is 1. The van der Waals surface area contributed by atoms with Crippen molar-refractivity contribution in [1.29, 1.82) is 0 Å². The van der Waals surface area contributed by atoms with E-state index in [1.165, 1.54) is 60.5 Å². The SMILES string of the molecule is COc1cccc([C@H](C(=O)NC[C@@H]2CCCO2)N(Cc2ccc(F)cc2)C(=O)CN2C(=O)c3ccccc3S2(=O)=O)c1. The van der Waals surface area contributed by atoms with Crippen LogP contribution in [0.15, 0.2) is 77.7 Å². The molecule has 0 bridgehead atoms. The first-order valence-corrected chi connectivity index (χ1v) is 14.9. The summed E-state index contributed by atoms with van der Waals surface area (Å²) in [5, 5.41) is 2.87. The van der Waals surface area contributed by atoms with E-state index in [-0.39, 0.29) is 29.7 Å². The van der Waals surface area contributed by atoms with E-state index in [0.717, 1.165) is 12.8 Å². The van der Waals surface area contributed by atoms with Gasteiger partial charge >= 0.3 is 0 Å². The third-order valence-electron chi connectivity index (χ3n) is 7.27. The van der Waals surface area contributed by atoms with Crippen LogP contribution in [0.25, 0.3) is 0 Å². The lowest BCUT2D eigenvalue weighted by molar-refractivity contribution is -0.141. The summed E-state index contributed by atoms with van der Waals surface area (Å²) in [6, 6.07) is 16.5. The molecule has 1 saturated heterocycles. The van der Waals surface area contributed by atoms with Crippen LogP contribution in [-0.4, -0.2) is 68.3 Å². The van der Waals surface area contributed by atoms with Crippen molar-refractivity contribution in [2.75, 3.05) is 26.8 Å². The van der Waals surface area contributed by atoms with Gasteiger partial charge in [0.15, 0.2) is 0 Å². The molecular weight excluding hydrogens is 565 g/mol. The molecule has 12 heteroatoms. The Hall–Kier alpha value is -4.29. The van der Waals surface area contributed by atoms with Gasteiger partial charge in [-0.3, -0.25) is 14.4 Å². The highest BCUT2D eigenvalue weighted by Gasteiger charge is 2.43. The Bertz CT molecular complexity index is 1590. The van der Waals surface area contributed by atoms with Gasteiger partial charge in [0.25, 0.3) is 15.9 Å². The van der Waals surface area contributed by atoms with Crippen molar-refractivity contribution in [1.82, 2.24) is 14.5 Å². The first-order chi connectivity index (χ1) is 20.2. The van der Waals surface area contributed by atoms with Crippen molar-refractivity contribution in [3.05, 3.63) is 95.3 Å². The first kappa shape index (κ1) is 29.2. The van der Waals surface area contributed by atoms with Crippen molar-refractivity contribution in [3.8, 4) is 5.75 Å². The van der Waals surface area contributed by atoms with E-state index < -0.39 is 46.1 Å². The Morgan fingerprint density at radius 1 is 1.12 bits per heavy atom. The zero-order valence-electron chi connectivity index (χ0n) is 22.9. The van der Waals surface area contributed by atoms with Gasteiger partial charge in [0, 0.05) is 19.7 Å². The third-order valence-corrected chi connectivity index (χ3v) is 9.06. The molecule has 3 aromatic rings. The molecule has 3 aromatic carbocycles. The van der Waals surface area contributed by atoms with Crippen LogP contribution in [0, 0.1) is 5.82 Å². The molecular formula is C30H30FN3O7S. The monoisotopic (exact) mass is 595 g/mol. The highest BCUT2D eigenvalue weighted by atomic mass is 32.2. The Labute approximate surface area is 243 Å². The summed E-state index contributed by atoms with van der Waals surface area (Å²) in [6.07, 6.45) is 1.47. The minimum absolute atomic E-state index is 0.0333. The molecule has 0 radical (unpaired) electrons. The molecule has 0 spiro atoms. The molecule has 0 saturated carbocycles. The maximum Gasteiger partial charge on any atom is 0.269 e. The molecule has 2 heterocycles. The molecule has 0 unspecified atom stereocenters. The van der Waals surface area contributed by atoms with Gasteiger partial charge in [-0.15, -0.1) is 0 Å². The van der Waals surface area contributed by atoms with Gasteiger partial charge in [-0.2, -0.15) is 0 Å². The summed E-state index contributed by atoms with van der Waals surface area (Å²) in [5.41, 5.74) is 0.853. The zero-order chi connectivity index (χ0) is 29.9. The third kappa shape index (κ3) is 6.00. The Kier molecular flexibility index (Phi) is 8.55. The Balaban J connectivity index is 1.52. The average molecular weight is 596 g/mol. The first-order valence-electron chi connectivity index (χ1n) is 13.4. The van der Waals surface area contributed by atoms with E-state index >= 15 is 0 Å². The number of nitrogens with zero attached hydrogens (tertiary/aromatic N) is 2. The number of rotatable bonds is 10. The van der Waals surface area contributed by atoms with Crippen LogP contribution >= 0.6 is 0 Å². The van der Waals surface area contributed by atoms with Crippen LogP contribution in [0.1, 0.15) is 40.4 Å². The van der Waals surface area contributed by atoms with Crippen LogP contribution in [0.4, 0.5) is 4.39 Å². The summed E-state index contributed by atoms with van der Waals surface area (Å²) < 4.78 is 51.7. The van der Waals surface area contributed by atoms with Gasteiger partial charge in [-0.05, 0) is 60.4 Å². The number of halogens is 1. The van der Waals surface area contributed by atoms with Crippen molar-refractivity contribution in [3.63, 3.8) is 0 Å². The molecule has 10 nitrogen and oxygen atoms in total. The van der Waals surface area contributed by atoms with Crippen LogP contribution < -0.4 is 10.1 Å². The lowest BCUT2D eigenvalue weighted by Crippen LogP contribution is -2.48. The lowest BCUT2D eigenvalue weighted by Gasteiger charge is -2.33. The number of carbonyl (C=O) groups excluding carboxylic acids is 3. The number of sulfonamides is 1. The maximum atomic E-state index is 14.0. The number of amides is 3. The number of hydrogen-bond acceptors (Lipinski definition) is 7. The van der Waals surface area contributed by atoms with Crippen LogP contribution in [0.3, 0.4) is 0 Å². The Morgan fingerprint density at radius 2 is 1.88 bits per heavy atom. The molecule has 3 amide bonds. The normalized spacial score (nSPS) is 17.9. The molecule has 2 atom stereocenters. The second-order valence-electron chi connectivity index (χ2n) is 10.0. The van der Waals surface area contributed by atoms with E-state index in [2.05, 4.69) is 5.32 Å². The second-order valence-corrected chi connectivity index (χ2v) is 11.9. The highest BCUT2D eigenvalue weighted by molar-refractivity contribution is 7.90. The minimum atomic E-state index is -4.30. The number of ether oxygens (including phenoxy) is 2. The predicted molar refractivity (Wildman–Crippen MR) is 149 cm³/mol. The van der Waals surface area contributed by atoms with Crippen LogP contribution in [-0.2, 0) is 30.9 Å². The molecule has 220 valence electrons. The van der Waals surface area contributed by atoms with Gasteiger partial charge < -0.3 is 19.7 Å². The molecule has 1 N–H and O–H groups in total. The van der Waals surface area contributed by atoms with Crippen molar-refractivity contribution in [2.45, 2.75) is 36.4 Å². The smallest absolute Gasteiger partial charge is 0.269 e. The summed E-state index contributed by atoms with van der Waals surface area (Å²) in [6.45, 7) is -0.207. The minimum Gasteiger partial charge on any atom is -0.497 e. The van der Waals surface area contributed by atoms with E-state index in [9.17, 15) is 27.2 Å². The summed E-state index contributed by atoms with van der Waals surface area (Å²) >= 11 is 0. The van der Waals surface area contributed by atoms with E-state index in [1.54, 1.807) is 24.3 Å². The van der Waals surface area contributed by atoms with E-state index in [4.69, 9.17) is 9.47 Å². The second kappa shape index (κ2) is 12.3. The summed E-state index contributed by atoms with van der Waals surface area (Å²) in [4.78, 5) is 42.0. The van der Waals surface area contributed by atoms with E-state index in [1.807, 2.05) is 0 Å². The van der Waals surface area contributed by atoms with Crippen molar-refractivity contribution in [2.24, 2.45) is 0 Å². The van der Waals surface area contributed by atoms with Gasteiger partial charge in [0.05, 0.1) is 18.8 Å². The largest absolute Gasteiger partial charge is 0.497 e. The van der Waals surface area contributed by atoms with Gasteiger partial charge in [0.2, 0.25) is 11.8 Å². The standard InChI is InChI=1S/C30H30FN3O7S/c1-40-23-7-4-6-21(16-23)28(29(36)32-17-24-8-5-15-41-24)33(18-20-11-13-22(31)14-12-20)27(35)19-34-30(37)25-9-2-3-10-26(25)42(34,38)39/h2-4,6-7,9-14,16,24,28H,5,8,15,17-19H2,1H3,(H,32,36)/t24-,28+/m0/s1. The van der Waals surface area contributed by atoms with Gasteiger partial charge in [-0.25, -0.2) is 17.1 Å². The van der Waals surface area contributed by atoms with Crippen molar-refractivity contribution >= 4 is 27.7 Å². The lowest BCUT2D eigenvalue weighted by atomic mass is 10.0. The summed E-state index contributed by atoms with van der Waals surface area (Å²) in [7, 11) is -2.83. The van der Waals surface area contributed by atoms with E-state index in [0.29, 0.717) is 27.8 Å². The topological polar surface area (TPSA) is 122 Å². The maximum absolute atomic E-state index is 14.0. The fraction of sp³-hybridized carbons (Fsp3) is 0.300. The number of benzene rings is 3. The highest BCUT2D eigenvalue weighted by Crippen LogP contribution is 2.32. The van der Waals surface area contributed by atoms with Gasteiger partial charge in [0.1, 0.15) is 29.0 Å². The predicted octanol–water partition coefficient (Wildman–Crippen LogP) is 3.04.